The topological polar surface area (TPSA) is 50.1 Å². The van der Waals surface area contributed by atoms with Crippen LogP contribution in [-0.4, -0.2) is 14.7 Å². The summed E-state index contributed by atoms with van der Waals surface area (Å²) in [6.45, 7) is 3.66. The van der Waals surface area contributed by atoms with E-state index in [0.717, 1.165) is 28.0 Å². The van der Waals surface area contributed by atoms with Gasteiger partial charge in [-0.3, -0.25) is 0 Å². The van der Waals surface area contributed by atoms with Crippen molar-refractivity contribution in [1.29, 1.82) is 0 Å². The maximum absolute atomic E-state index is 9.35. The highest BCUT2D eigenvalue weighted by atomic mass is 79.9. The zero-order valence-electron chi connectivity index (χ0n) is 10.2. The number of rotatable bonds is 5. The molecule has 0 bridgehead atoms. The van der Waals surface area contributed by atoms with E-state index in [-0.39, 0.29) is 6.61 Å². The fourth-order valence-corrected chi connectivity index (χ4v) is 2.23. The maximum Gasteiger partial charge on any atom is 0.0950 e. The average molecular weight is 310 g/mol. The highest BCUT2D eigenvalue weighted by molar-refractivity contribution is 9.10. The normalized spacial score (nSPS) is 10.6. The summed E-state index contributed by atoms with van der Waals surface area (Å²) in [5.74, 6) is 0. The van der Waals surface area contributed by atoms with E-state index in [1.165, 1.54) is 0 Å². The van der Waals surface area contributed by atoms with Crippen LogP contribution in [0.15, 0.2) is 35.2 Å². The van der Waals surface area contributed by atoms with Crippen molar-refractivity contribution in [3.8, 4) is 0 Å². The van der Waals surface area contributed by atoms with Gasteiger partial charge < -0.3 is 15.0 Å². The first-order valence-electron chi connectivity index (χ1n) is 5.87. The molecular formula is C13H16BrN3O. The van der Waals surface area contributed by atoms with E-state index >= 15 is 0 Å². The zero-order valence-corrected chi connectivity index (χ0v) is 11.8. The van der Waals surface area contributed by atoms with E-state index in [1.54, 1.807) is 0 Å². The van der Waals surface area contributed by atoms with Crippen LogP contribution in [-0.2, 0) is 19.7 Å². The van der Waals surface area contributed by atoms with Crippen molar-refractivity contribution in [2.45, 2.75) is 26.6 Å². The minimum atomic E-state index is 0.00710. The van der Waals surface area contributed by atoms with Crippen molar-refractivity contribution in [2.24, 2.45) is 0 Å². The van der Waals surface area contributed by atoms with Crippen LogP contribution in [0.1, 0.15) is 18.2 Å². The SMILES string of the molecule is CCn1cnc(CNc2cccc(Br)c2CO)c1. The fourth-order valence-electron chi connectivity index (χ4n) is 1.74. The molecule has 0 radical (unpaired) electrons. The Bertz CT molecular complexity index is 525. The molecule has 0 saturated carbocycles. The molecule has 0 aliphatic heterocycles. The predicted molar refractivity (Wildman–Crippen MR) is 75.3 cm³/mol. The number of aliphatic hydroxyl groups excluding tert-OH is 1. The van der Waals surface area contributed by atoms with Crippen molar-refractivity contribution < 1.29 is 5.11 Å². The molecule has 0 unspecified atom stereocenters. The number of benzene rings is 1. The van der Waals surface area contributed by atoms with Crippen molar-refractivity contribution >= 4 is 21.6 Å². The number of anilines is 1. The molecule has 0 aliphatic rings. The lowest BCUT2D eigenvalue weighted by molar-refractivity contribution is 0.281. The lowest BCUT2D eigenvalue weighted by atomic mass is 10.2. The molecule has 0 fully saturated rings. The number of nitrogens with one attached hydrogen (secondary N) is 1. The van der Waals surface area contributed by atoms with Gasteiger partial charge in [-0.1, -0.05) is 22.0 Å². The predicted octanol–water partition coefficient (Wildman–Crippen LogP) is 2.77. The van der Waals surface area contributed by atoms with Gasteiger partial charge in [0.15, 0.2) is 0 Å². The van der Waals surface area contributed by atoms with E-state index in [0.29, 0.717) is 6.54 Å². The van der Waals surface area contributed by atoms with Gasteiger partial charge in [0.2, 0.25) is 0 Å². The van der Waals surface area contributed by atoms with Gasteiger partial charge in [-0.25, -0.2) is 4.98 Å². The van der Waals surface area contributed by atoms with E-state index in [4.69, 9.17) is 0 Å². The molecule has 2 rings (SSSR count). The first-order valence-corrected chi connectivity index (χ1v) is 6.66. The third kappa shape index (κ3) is 2.91. The van der Waals surface area contributed by atoms with Gasteiger partial charge in [0.1, 0.15) is 0 Å². The van der Waals surface area contributed by atoms with Crippen molar-refractivity contribution in [1.82, 2.24) is 9.55 Å². The minimum absolute atomic E-state index is 0.00710. The van der Waals surface area contributed by atoms with E-state index < -0.39 is 0 Å². The Balaban J connectivity index is 2.08. The lowest BCUT2D eigenvalue weighted by Gasteiger charge is -2.10. The van der Waals surface area contributed by atoms with Crippen LogP contribution in [0.4, 0.5) is 5.69 Å². The molecule has 1 heterocycles. The fraction of sp³-hybridized carbons (Fsp3) is 0.308. The summed E-state index contributed by atoms with van der Waals surface area (Å²) in [6.07, 6.45) is 3.84. The largest absolute Gasteiger partial charge is 0.392 e. The van der Waals surface area contributed by atoms with Crippen LogP contribution >= 0.6 is 15.9 Å². The first kappa shape index (κ1) is 13.1. The Kier molecular flexibility index (Phi) is 4.38. The minimum Gasteiger partial charge on any atom is -0.392 e. The number of imidazole rings is 1. The summed E-state index contributed by atoms with van der Waals surface area (Å²) in [7, 11) is 0. The summed E-state index contributed by atoms with van der Waals surface area (Å²) >= 11 is 3.43. The second kappa shape index (κ2) is 6.02. The summed E-state index contributed by atoms with van der Waals surface area (Å²) in [5, 5.41) is 12.6. The van der Waals surface area contributed by atoms with Gasteiger partial charge in [0.05, 0.1) is 25.2 Å². The van der Waals surface area contributed by atoms with Gasteiger partial charge in [-0.15, -0.1) is 0 Å². The Labute approximate surface area is 115 Å². The number of hydrogen-bond acceptors (Lipinski definition) is 3. The number of hydrogen-bond donors (Lipinski definition) is 2. The first-order chi connectivity index (χ1) is 8.74. The molecular weight excluding hydrogens is 294 g/mol. The standard InChI is InChI=1S/C13H16BrN3O/c1-2-17-7-10(16-9-17)6-15-13-5-3-4-12(14)11(13)8-18/h3-5,7,9,15,18H,2,6,8H2,1H3. The number of halogens is 1. The Morgan fingerprint density at radius 3 is 2.94 bits per heavy atom. The summed E-state index contributed by atoms with van der Waals surface area (Å²) in [6, 6.07) is 5.81. The Hall–Kier alpha value is -1.33. The van der Waals surface area contributed by atoms with E-state index in [2.05, 4.69) is 33.2 Å². The summed E-state index contributed by atoms with van der Waals surface area (Å²) in [4.78, 5) is 4.31. The molecule has 96 valence electrons. The van der Waals surface area contributed by atoms with Crippen LogP contribution in [0.25, 0.3) is 0 Å². The number of aryl methyl sites for hydroxylation is 1. The molecule has 0 spiro atoms. The molecule has 0 atom stereocenters. The van der Waals surface area contributed by atoms with Gasteiger partial charge >= 0.3 is 0 Å². The van der Waals surface area contributed by atoms with E-state index in [9.17, 15) is 5.11 Å². The van der Waals surface area contributed by atoms with E-state index in [1.807, 2.05) is 35.3 Å². The van der Waals surface area contributed by atoms with Gasteiger partial charge in [-0.2, -0.15) is 0 Å². The second-order valence-electron chi connectivity index (χ2n) is 3.97. The van der Waals surface area contributed by atoms with Crippen molar-refractivity contribution in [3.05, 3.63) is 46.5 Å². The summed E-state index contributed by atoms with van der Waals surface area (Å²) < 4.78 is 2.94. The second-order valence-corrected chi connectivity index (χ2v) is 4.83. The maximum atomic E-state index is 9.35. The van der Waals surface area contributed by atoms with Crippen LogP contribution in [0, 0.1) is 0 Å². The molecule has 1 aromatic carbocycles. The molecule has 18 heavy (non-hydrogen) atoms. The smallest absolute Gasteiger partial charge is 0.0950 e. The molecule has 2 aromatic rings. The molecule has 0 saturated heterocycles. The Morgan fingerprint density at radius 2 is 2.28 bits per heavy atom. The van der Waals surface area contributed by atoms with Crippen LogP contribution in [0.5, 0.6) is 0 Å². The highest BCUT2D eigenvalue weighted by Gasteiger charge is 2.05. The van der Waals surface area contributed by atoms with Crippen molar-refractivity contribution in [3.63, 3.8) is 0 Å². The molecule has 1 aromatic heterocycles. The number of aliphatic hydroxyl groups is 1. The monoisotopic (exact) mass is 309 g/mol. The van der Waals surface area contributed by atoms with Crippen molar-refractivity contribution in [2.75, 3.05) is 5.32 Å². The van der Waals surface area contributed by atoms with Gasteiger partial charge in [0.25, 0.3) is 0 Å². The van der Waals surface area contributed by atoms with Gasteiger partial charge in [-0.05, 0) is 19.1 Å². The third-order valence-corrected chi connectivity index (χ3v) is 3.53. The van der Waals surface area contributed by atoms with Crippen LogP contribution < -0.4 is 5.32 Å². The summed E-state index contributed by atoms with van der Waals surface area (Å²) in [5.41, 5.74) is 2.78. The molecule has 5 heteroatoms. The Morgan fingerprint density at radius 1 is 1.44 bits per heavy atom. The van der Waals surface area contributed by atoms with Gasteiger partial charge in [0, 0.05) is 28.5 Å². The molecule has 0 amide bonds. The molecule has 2 N–H and O–H groups in total. The molecule has 4 nitrogen and oxygen atoms in total. The van der Waals surface area contributed by atoms with Crippen LogP contribution in [0.3, 0.4) is 0 Å². The quantitative estimate of drug-likeness (QED) is 0.893. The van der Waals surface area contributed by atoms with Crippen LogP contribution in [0.2, 0.25) is 0 Å². The number of aromatic nitrogens is 2. The lowest BCUT2D eigenvalue weighted by Crippen LogP contribution is -2.03. The number of nitrogens with zero attached hydrogens (tertiary/aromatic N) is 2. The zero-order chi connectivity index (χ0) is 13.0. The molecule has 0 aliphatic carbocycles. The third-order valence-electron chi connectivity index (χ3n) is 2.79. The highest BCUT2D eigenvalue weighted by Crippen LogP contribution is 2.25. The average Bonchev–Trinajstić information content (AvgIpc) is 2.84.